The summed E-state index contributed by atoms with van der Waals surface area (Å²) in [7, 11) is 3.27. The lowest BCUT2D eigenvalue weighted by atomic mass is 10.0. The summed E-state index contributed by atoms with van der Waals surface area (Å²) in [4.78, 5) is 18.4. The maximum atomic E-state index is 13.0. The van der Waals surface area contributed by atoms with Crippen LogP contribution in [0.3, 0.4) is 0 Å². The standard InChI is InChI=1S/C18H20N2O3S/c1-11-5-6-15(23-4)13(9-11)14-10-24-17-16(14)18(21)20(7-8-22-3)12(2)19-17/h5-6,9-10H,7-8H2,1-4H3. The molecule has 0 aliphatic heterocycles. The molecule has 3 aromatic rings. The van der Waals surface area contributed by atoms with Gasteiger partial charge in [0.2, 0.25) is 0 Å². The van der Waals surface area contributed by atoms with Crippen LogP contribution in [-0.4, -0.2) is 30.4 Å². The molecular weight excluding hydrogens is 324 g/mol. The number of thiophene rings is 1. The van der Waals surface area contributed by atoms with Gasteiger partial charge >= 0.3 is 0 Å². The number of methoxy groups -OCH3 is 2. The van der Waals surface area contributed by atoms with Gasteiger partial charge < -0.3 is 9.47 Å². The molecule has 126 valence electrons. The van der Waals surface area contributed by atoms with Gasteiger partial charge in [-0.3, -0.25) is 9.36 Å². The molecule has 2 aromatic heterocycles. The number of ether oxygens (including phenoxy) is 2. The monoisotopic (exact) mass is 344 g/mol. The van der Waals surface area contributed by atoms with Crippen molar-refractivity contribution in [3.63, 3.8) is 0 Å². The normalized spacial score (nSPS) is 11.2. The van der Waals surface area contributed by atoms with Gasteiger partial charge in [0.1, 0.15) is 16.4 Å². The highest BCUT2D eigenvalue weighted by molar-refractivity contribution is 7.17. The fraction of sp³-hybridized carbons (Fsp3) is 0.333. The number of hydrogen-bond acceptors (Lipinski definition) is 5. The van der Waals surface area contributed by atoms with Crippen LogP contribution in [0.25, 0.3) is 21.3 Å². The smallest absolute Gasteiger partial charge is 0.262 e. The Bertz CT molecular complexity index is 943. The van der Waals surface area contributed by atoms with E-state index in [2.05, 4.69) is 4.98 Å². The Balaban J connectivity index is 2.27. The summed E-state index contributed by atoms with van der Waals surface area (Å²) in [5.74, 6) is 1.46. The molecule has 0 aliphatic carbocycles. The second kappa shape index (κ2) is 6.75. The highest BCUT2D eigenvalue weighted by atomic mass is 32.1. The fourth-order valence-electron chi connectivity index (χ4n) is 2.80. The minimum atomic E-state index is -0.0330. The van der Waals surface area contributed by atoms with Gasteiger partial charge in [-0.25, -0.2) is 4.98 Å². The van der Waals surface area contributed by atoms with Crippen LogP contribution in [0.5, 0.6) is 5.75 Å². The molecule has 3 rings (SSSR count). The highest BCUT2D eigenvalue weighted by Gasteiger charge is 2.17. The molecule has 0 amide bonds. The molecule has 0 bridgehead atoms. The molecule has 0 fully saturated rings. The first-order chi connectivity index (χ1) is 11.6. The van der Waals surface area contributed by atoms with Gasteiger partial charge in [0.05, 0.1) is 25.6 Å². The van der Waals surface area contributed by atoms with Crippen molar-refractivity contribution in [2.45, 2.75) is 20.4 Å². The van der Waals surface area contributed by atoms with Crippen LogP contribution in [0.4, 0.5) is 0 Å². The molecule has 5 nitrogen and oxygen atoms in total. The van der Waals surface area contributed by atoms with E-state index in [0.717, 1.165) is 27.3 Å². The molecule has 0 spiro atoms. The van der Waals surface area contributed by atoms with E-state index in [1.165, 1.54) is 11.3 Å². The Labute approximate surface area is 144 Å². The highest BCUT2D eigenvalue weighted by Crippen LogP contribution is 2.37. The van der Waals surface area contributed by atoms with Gasteiger partial charge in [-0.2, -0.15) is 0 Å². The molecule has 0 aliphatic rings. The van der Waals surface area contributed by atoms with Crippen molar-refractivity contribution >= 4 is 21.6 Å². The van der Waals surface area contributed by atoms with Crippen LogP contribution in [0.1, 0.15) is 11.4 Å². The Morgan fingerprint density at radius 2 is 2.00 bits per heavy atom. The molecule has 0 saturated carbocycles. The summed E-state index contributed by atoms with van der Waals surface area (Å²) >= 11 is 1.48. The first kappa shape index (κ1) is 16.7. The number of rotatable bonds is 5. The molecular formula is C18H20N2O3S. The largest absolute Gasteiger partial charge is 0.496 e. The quantitative estimate of drug-likeness (QED) is 0.712. The molecule has 24 heavy (non-hydrogen) atoms. The number of aryl methyl sites for hydroxylation is 2. The number of fused-ring (bicyclic) bond motifs is 1. The lowest BCUT2D eigenvalue weighted by molar-refractivity contribution is 0.185. The molecule has 0 unspecified atom stereocenters. The fourth-order valence-corrected chi connectivity index (χ4v) is 3.78. The van der Waals surface area contributed by atoms with Gasteiger partial charge in [0, 0.05) is 23.6 Å². The topological polar surface area (TPSA) is 53.4 Å². The summed E-state index contributed by atoms with van der Waals surface area (Å²) in [6.07, 6.45) is 0. The van der Waals surface area contributed by atoms with Gasteiger partial charge in [0.15, 0.2) is 0 Å². The zero-order valence-electron chi connectivity index (χ0n) is 14.3. The number of benzene rings is 1. The average Bonchev–Trinajstić information content (AvgIpc) is 2.98. The van der Waals surface area contributed by atoms with Gasteiger partial charge in [-0.1, -0.05) is 11.6 Å². The predicted octanol–water partition coefficient (Wildman–Crippen LogP) is 3.40. The summed E-state index contributed by atoms with van der Waals surface area (Å²) in [5.41, 5.74) is 2.88. The predicted molar refractivity (Wildman–Crippen MR) is 97.2 cm³/mol. The number of hydrogen-bond donors (Lipinski definition) is 0. The first-order valence-corrected chi connectivity index (χ1v) is 8.57. The minimum Gasteiger partial charge on any atom is -0.496 e. The SMILES string of the molecule is COCCn1c(C)nc2scc(-c3cc(C)ccc3OC)c2c1=O. The van der Waals surface area contributed by atoms with Crippen molar-refractivity contribution in [1.82, 2.24) is 9.55 Å². The molecule has 0 radical (unpaired) electrons. The van der Waals surface area contributed by atoms with Crippen molar-refractivity contribution in [3.8, 4) is 16.9 Å². The second-order valence-electron chi connectivity index (χ2n) is 5.64. The van der Waals surface area contributed by atoms with E-state index in [-0.39, 0.29) is 5.56 Å². The zero-order valence-corrected chi connectivity index (χ0v) is 15.1. The van der Waals surface area contributed by atoms with Crippen LogP contribution < -0.4 is 10.3 Å². The van der Waals surface area contributed by atoms with Crippen molar-refractivity contribution < 1.29 is 9.47 Å². The van der Waals surface area contributed by atoms with E-state index >= 15 is 0 Å². The maximum Gasteiger partial charge on any atom is 0.262 e. The van der Waals surface area contributed by atoms with Gasteiger partial charge in [0.25, 0.3) is 5.56 Å². The van der Waals surface area contributed by atoms with Crippen molar-refractivity contribution in [1.29, 1.82) is 0 Å². The van der Waals surface area contributed by atoms with Crippen molar-refractivity contribution in [2.24, 2.45) is 0 Å². The summed E-state index contributed by atoms with van der Waals surface area (Å²) in [6.45, 7) is 4.84. The van der Waals surface area contributed by atoms with Gasteiger partial charge in [-0.15, -0.1) is 11.3 Å². The lowest BCUT2D eigenvalue weighted by Crippen LogP contribution is -2.25. The van der Waals surface area contributed by atoms with Crippen LogP contribution in [0.15, 0.2) is 28.4 Å². The maximum absolute atomic E-state index is 13.0. The van der Waals surface area contributed by atoms with E-state index in [1.54, 1.807) is 18.8 Å². The van der Waals surface area contributed by atoms with Crippen molar-refractivity contribution in [3.05, 3.63) is 45.3 Å². The van der Waals surface area contributed by atoms with E-state index in [9.17, 15) is 4.79 Å². The number of nitrogens with zero attached hydrogens (tertiary/aromatic N) is 2. The van der Waals surface area contributed by atoms with Crippen LogP contribution >= 0.6 is 11.3 Å². The third-order valence-corrected chi connectivity index (χ3v) is 4.92. The van der Waals surface area contributed by atoms with Gasteiger partial charge in [-0.05, 0) is 26.0 Å². The zero-order chi connectivity index (χ0) is 17.3. The molecule has 2 heterocycles. The first-order valence-electron chi connectivity index (χ1n) is 7.69. The Morgan fingerprint density at radius 3 is 2.71 bits per heavy atom. The molecule has 1 aromatic carbocycles. The van der Waals surface area contributed by atoms with E-state index in [1.807, 2.05) is 37.4 Å². The average molecular weight is 344 g/mol. The summed E-state index contributed by atoms with van der Waals surface area (Å²) < 4.78 is 12.3. The molecule has 0 N–H and O–H groups in total. The number of aromatic nitrogens is 2. The van der Waals surface area contributed by atoms with E-state index in [4.69, 9.17) is 9.47 Å². The lowest BCUT2D eigenvalue weighted by Gasteiger charge is -2.11. The molecule has 6 heteroatoms. The van der Waals surface area contributed by atoms with Crippen LogP contribution in [0.2, 0.25) is 0 Å². The molecule has 0 saturated heterocycles. The minimum absolute atomic E-state index is 0.0330. The summed E-state index contributed by atoms with van der Waals surface area (Å²) in [5, 5.41) is 2.63. The second-order valence-corrected chi connectivity index (χ2v) is 6.50. The van der Waals surface area contributed by atoms with Crippen LogP contribution in [-0.2, 0) is 11.3 Å². The molecule has 0 atom stereocenters. The van der Waals surface area contributed by atoms with Crippen molar-refractivity contribution in [2.75, 3.05) is 20.8 Å². The third-order valence-electron chi connectivity index (χ3n) is 4.05. The third kappa shape index (κ3) is 2.83. The van der Waals surface area contributed by atoms with Crippen LogP contribution in [0, 0.1) is 13.8 Å². The Kier molecular flexibility index (Phi) is 4.69. The Hall–Kier alpha value is -2.18. The Morgan fingerprint density at radius 1 is 1.21 bits per heavy atom. The van der Waals surface area contributed by atoms with E-state index in [0.29, 0.717) is 24.4 Å². The summed E-state index contributed by atoms with van der Waals surface area (Å²) in [6, 6.07) is 5.97. The van der Waals surface area contributed by atoms with E-state index < -0.39 is 0 Å².